The normalized spacial score (nSPS) is 11.5. The largest absolute Gasteiger partial charge is 0.464 e. The standard InChI is InChI=1S/C12H15N3O5/c1-3-20-12(17)7(2)14-9-6-8(11(13)16)4-5-10(9)15(18)19/h4-7,14H,3H2,1-2H3,(H2,13,16). The van der Waals surface area contributed by atoms with E-state index in [4.69, 9.17) is 10.5 Å². The summed E-state index contributed by atoms with van der Waals surface area (Å²) >= 11 is 0. The highest BCUT2D eigenvalue weighted by molar-refractivity contribution is 5.95. The van der Waals surface area contributed by atoms with Crippen LogP contribution in [0, 0.1) is 10.1 Å². The highest BCUT2D eigenvalue weighted by Gasteiger charge is 2.21. The number of nitro benzene ring substituents is 1. The summed E-state index contributed by atoms with van der Waals surface area (Å²) in [5, 5.41) is 13.6. The number of rotatable bonds is 6. The maximum absolute atomic E-state index is 11.5. The molecular weight excluding hydrogens is 266 g/mol. The lowest BCUT2D eigenvalue weighted by Gasteiger charge is -2.14. The van der Waals surface area contributed by atoms with E-state index in [1.165, 1.54) is 19.1 Å². The molecule has 0 fully saturated rings. The Morgan fingerprint density at radius 1 is 1.50 bits per heavy atom. The number of nitro groups is 1. The fourth-order valence-corrected chi connectivity index (χ4v) is 1.52. The molecular formula is C12H15N3O5. The Labute approximate surface area is 115 Å². The van der Waals surface area contributed by atoms with Crippen LogP contribution in [-0.4, -0.2) is 29.4 Å². The Kier molecular flexibility index (Phi) is 5.01. The molecule has 0 aliphatic carbocycles. The SMILES string of the molecule is CCOC(=O)C(C)Nc1cc(C(N)=O)ccc1[N+](=O)[O-]. The molecule has 1 amide bonds. The third-order valence-electron chi connectivity index (χ3n) is 2.49. The lowest BCUT2D eigenvalue weighted by molar-refractivity contribution is -0.384. The van der Waals surface area contributed by atoms with Crippen LogP contribution in [0.15, 0.2) is 18.2 Å². The summed E-state index contributed by atoms with van der Waals surface area (Å²) in [6.45, 7) is 3.35. The number of ether oxygens (including phenoxy) is 1. The molecule has 0 aliphatic rings. The topological polar surface area (TPSA) is 125 Å². The molecule has 0 spiro atoms. The zero-order chi connectivity index (χ0) is 15.3. The summed E-state index contributed by atoms with van der Waals surface area (Å²) in [7, 11) is 0. The average molecular weight is 281 g/mol. The second-order valence-corrected chi connectivity index (χ2v) is 3.97. The van der Waals surface area contributed by atoms with E-state index in [2.05, 4.69) is 5.32 Å². The average Bonchev–Trinajstić information content (AvgIpc) is 2.38. The molecule has 0 radical (unpaired) electrons. The van der Waals surface area contributed by atoms with Gasteiger partial charge in [0, 0.05) is 11.6 Å². The van der Waals surface area contributed by atoms with Crippen LogP contribution < -0.4 is 11.1 Å². The molecule has 0 saturated heterocycles. The lowest BCUT2D eigenvalue weighted by atomic mass is 10.1. The van der Waals surface area contributed by atoms with E-state index in [9.17, 15) is 19.7 Å². The highest BCUT2D eigenvalue weighted by atomic mass is 16.6. The Morgan fingerprint density at radius 3 is 2.65 bits per heavy atom. The summed E-state index contributed by atoms with van der Waals surface area (Å²) in [4.78, 5) is 32.9. The number of benzene rings is 1. The van der Waals surface area contributed by atoms with E-state index in [0.29, 0.717) is 0 Å². The monoisotopic (exact) mass is 281 g/mol. The first-order valence-electron chi connectivity index (χ1n) is 5.88. The van der Waals surface area contributed by atoms with Crippen molar-refractivity contribution in [2.75, 3.05) is 11.9 Å². The number of primary amides is 1. The minimum Gasteiger partial charge on any atom is -0.464 e. The molecule has 0 heterocycles. The van der Waals surface area contributed by atoms with E-state index in [0.717, 1.165) is 6.07 Å². The zero-order valence-corrected chi connectivity index (χ0v) is 11.1. The number of carbonyl (C=O) groups excluding carboxylic acids is 2. The zero-order valence-electron chi connectivity index (χ0n) is 11.1. The van der Waals surface area contributed by atoms with Crippen LogP contribution >= 0.6 is 0 Å². The van der Waals surface area contributed by atoms with Crippen molar-refractivity contribution in [2.24, 2.45) is 5.73 Å². The summed E-state index contributed by atoms with van der Waals surface area (Å²) in [6, 6.07) is 2.84. The van der Waals surface area contributed by atoms with Gasteiger partial charge in [0.2, 0.25) is 5.91 Å². The van der Waals surface area contributed by atoms with Gasteiger partial charge in [-0.25, -0.2) is 4.79 Å². The van der Waals surface area contributed by atoms with Gasteiger partial charge in [0.1, 0.15) is 11.7 Å². The molecule has 8 heteroatoms. The number of hydrogen-bond acceptors (Lipinski definition) is 6. The molecule has 0 saturated carbocycles. The summed E-state index contributed by atoms with van der Waals surface area (Å²) in [6.07, 6.45) is 0. The van der Waals surface area contributed by atoms with E-state index >= 15 is 0 Å². The number of nitrogens with zero attached hydrogens (tertiary/aromatic N) is 1. The van der Waals surface area contributed by atoms with Gasteiger partial charge in [0.25, 0.3) is 5.69 Å². The molecule has 108 valence electrons. The van der Waals surface area contributed by atoms with Crippen LogP contribution in [0.4, 0.5) is 11.4 Å². The van der Waals surface area contributed by atoms with Crippen LogP contribution in [0.5, 0.6) is 0 Å². The van der Waals surface area contributed by atoms with Gasteiger partial charge >= 0.3 is 5.97 Å². The van der Waals surface area contributed by atoms with Gasteiger partial charge in [-0.3, -0.25) is 14.9 Å². The molecule has 1 aromatic rings. The predicted molar refractivity (Wildman–Crippen MR) is 71.3 cm³/mol. The lowest BCUT2D eigenvalue weighted by Crippen LogP contribution is -2.28. The summed E-state index contributed by atoms with van der Waals surface area (Å²) in [5.74, 6) is -1.27. The number of anilines is 1. The van der Waals surface area contributed by atoms with Gasteiger partial charge in [0.05, 0.1) is 11.5 Å². The van der Waals surface area contributed by atoms with Crippen LogP contribution in [0.3, 0.4) is 0 Å². The molecule has 0 aromatic heterocycles. The van der Waals surface area contributed by atoms with Gasteiger partial charge < -0.3 is 15.8 Å². The predicted octanol–water partition coefficient (Wildman–Crippen LogP) is 1.06. The third kappa shape index (κ3) is 3.67. The van der Waals surface area contributed by atoms with E-state index in [1.807, 2.05) is 0 Å². The highest BCUT2D eigenvalue weighted by Crippen LogP contribution is 2.26. The first-order valence-corrected chi connectivity index (χ1v) is 5.88. The molecule has 0 bridgehead atoms. The fourth-order valence-electron chi connectivity index (χ4n) is 1.52. The minimum atomic E-state index is -0.795. The van der Waals surface area contributed by atoms with Crippen molar-refractivity contribution >= 4 is 23.3 Å². The van der Waals surface area contributed by atoms with Crippen molar-refractivity contribution in [3.8, 4) is 0 Å². The smallest absolute Gasteiger partial charge is 0.328 e. The van der Waals surface area contributed by atoms with Crippen molar-refractivity contribution in [3.05, 3.63) is 33.9 Å². The quantitative estimate of drug-likeness (QED) is 0.456. The van der Waals surface area contributed by atoms with Gasteiger partial charge in [0.15, 0.2) is 0 Å². The van der Waals surface area contributed by atoms with Gasteiger partial charge in [-0.2, -0.15) is 0 Å². The third-order valence-corrected chi connectivity index (χ3v) is 2.49. The Morgan fingerprint density at radius 2 is 2.15 bits per heavy atom. The Balaban J connectivity index is 3.07. The van der Waals surface area contributed by atoms with Crippen molar-refractivity contribution in [1.82, 2.24) is 0 Å². The Hall–Kier alpha value is -2.64. The Bertz CT molecular complexity index is 544. The summed E-state index contributed by atoms with van der Waals surface area (Å²) in [5.41, 5.74) is 5.00. The molecule has 3 N–H and O–H groups in total. The molecule has 0 aliphatic heterocycles. The second kappa shape index (κ2) is 6.50. The van der Waals surface area contributed by atoms with Crippen molar-refractivity contribution in [2.45, 2.75) is 19.9 Å². The number of esters is 1. The number of nitrogens with two attached hydrogens (primary N) is 1. The van der Waals surface area contributed by atoms with Crippen molar-refractivity contribution < 1.29 is 19.2 Å². The van der Waals surface area contributed by atoms with Crippen LogP contribution in [0.25, 0.3) is 0 Å². The second-order valence-electron chi connectivity index (χ2n) is 3.97. The molecule has 8 nitrogen and oxygen atoms in total. The van der Waals surface area contributed by atoms with Crippen LogP contribution in [-0.2, 0) is 9.53 Å². The van der Waals surface area contributed by atoms with Crippen molar-refractivity contribution in [1.29, 1.82) is 0 Å². The van der Waals surface area contributed by atoms with Crippen LogP contribution in [0.1, 0.15) is 24.2 Å². The molecule has 1 unspecified atom stereocenters. The number of carbonyl (C=O) groups is 2. The maximum Gasteiger partial charge on any atom is 0.328 e. The van der Waals surface area contributed by atoms with Gasteiger partial charge in [-0.05, 0) is 26.0 Å². The number of nitrogens with one attached hydrogen (secondary N) is 1. The molecule has 1 atom stereocenters. The van der Waals surface area contributed by atoms with E-state index < -0.39 is 22.8 Å². The number of hydrogen-bond donors (Lipinski definition) is 2. The van der Waals surface area contributed by atoms with Gasteiger partial charge in [-0.1, -0.05) is 0 Å². The fraction of sp³-hybridized carbons (Fsp3) is 0.333. The van der Waals surface area contributed by atoms with Gasteiger partial charge in [-0.15, -0.1) is 0 Å². The first kappa shape index (κ1) is 15.4. The van der Waals surface area contributed by atoms with E-state index in [-0.39, 0.29) is 23.5 Å². The van der Waals surface area contributed by atoms with Crippen LogP contribution in [0.2, 0.25) is 0 Å². The first-order chi connectivity index (χ1) is 9.36. The minimum absolute atomic E-state index is 0.0341. The van der Waals surface area contributed by atoms with E-state index in [1.54, 1.807) is 6.92 Å². The molecule has 1 aromatic carbocycles. The summed E-state index contributed by atoms with van der Waals surface area (Å²) < 4.78 is 4.79. The maximum atomic E-state index is 11.5. The van der Waals surface area contributed by atoms with Crippen molar-refractivity contribution in [3.63, 3.8) is 0 Å². The number of amides is 1. The molecule has 20 heavy (non-hydrogen) atoms. The molecule has 1 rings (SSSR count).